The van der Waals surface area contributed by atoms with E-state index in [1.807, 2.05) is 0 Å². The third-order valence-electron chi connectivity index (χ3n) is 0.653. The van der Waals surface area contributed by atoms with Gasteiger partial charge < -0.3 is 15.3 Å². The van der Waals surface area contributed by atoms with E-state index in [0.29, 0.717) is 0 Å². The molecule has 0 aromatic rings. The maximum atomic E-state index is 9.72. The number of aliphatic carboxylic acids is 2. The van der Waals surface area contributed by atoms with E-state index in [1.165, 1.54) is 0 Å². The van der Waals surface area contributed by atoms with Gasteiger partial charge in [-0.2, -0.15) is 13.5 Å². The van der Waals surface area contributed by atoms with Gasteiger partial charge in [0.2, 0.25) is 0 Å². The molecule has 0 amide bonds. The number of aliphatic hydroxyl groups excluding tert-OH is 1. The fourth-order valence-corrected chi connectivity index (χ4v) is 0.253. The second-order valence-electron chi connectivity index (χ2n) is 1.45. The SMILES string of the molecule is O=C(O)CC(O)C(=O)O.S. The van der Waals surface area contributed by atoms with Crippen molar-refractivity contribution in [3.05, 3.63) is 0 Å². The van der Waals surface area contributed by atoms with Crippen molar-refractivity contribution in [3.63, 3.8) is 0 Å². The van der Waals surface area contributed by atoms with Crippen LogP contribution in [0.1, 0.15) is 6.42 Å². The minimum Gasteiger partial charge on any atom is -0.481 e. The Balaban J connectivity index is 0. The molecule has 0 fully saturated rings. The van der Waals surface area contributed by atoms with Gasteiger partial charge in [0.05, 0.1) is 6.42 Å². The molecule has 0 bridgehead atoms. The fourth-order valence-electron chi connectivity index (χ4n) is 0.253. The van der Waals surface area contributed by atoms with Gasteiger partial charge in [0, 0.05) is 0 Å². The average Bonchev–Trinajstić information content (AvgIpc) is 1.63. The molecule has 0 heterocycles. The number of carboxylic acid groups (broad SMARTS) is 2. The van der Waals surface area contributed by atoms with E-state index in [0.717, 1.165) is 0 Å². The Kier molecular flexibility index (Phi) is 6.07. The number of carboxylic acids is 2. The first kappa shape index (κ1) is 12.0. The first-order chi connectivity index (χ1) is 4.04. The minimum absolute atomic E-state index is 0. The number of rotatable bonds is 3. The summed E-state index contributed by atoms with van der Waals surface area (Å²) in [6, 6.07) is 0. The van der Waals surface area contributed by atoms with Gasteiger partial charge in [0.1, 0.15) is 0 Å². The van der Waals surface area contributed by atoms with E-state index in [4.69, 9.17) is 15.3 Å². The third-order valence-corrected chi connectivity index (χ3v) is 0.653. The third kappa shape index (κ3) is 5.39. The molecule has 0 rings (SSSR count). The van der Waals surface area contributed by atoms with Crippen molar-refractivity contribution in [1.82, 2.24) is 0 Å². The predicted molar refractivity (Wildman–Crippen MR) is 36.3 cm³/mol. The molecular weight excluding hydrogens is 160 g/mol. The molecule has 10 heavy (non-hydrogen) atoms. The molecule has 1 unspecified atom stereocenters. The number of hydrogen-bond donors (Lipinski definition) is 3. The summed E-state index contributed by atoms with van der Waals surface area (Å²) in [6.07, 6.45) is -2.54. The van der Waals surface area contributed by atoms with E-state index in [9.17, 15) is 9.59 Å². The lowest BCUT2D eigenvalue weighted by Crippen LogP contribution is -2.22. The smallest absolute Gasteiger partial charge is 0.333 e. The molecule has 1 atom stereocenters. The second-order valence-corrected chi connectivity index (χ2v) is 1.45. The molecule has 0 spiro atoms. The van der Waals surface area contributed by atoms with Crippen LogP contribution < -0.4 is 0 Å². The molecule has 0 aromatic heterocycles. The van der Waals surface area contributed by atoms with Gasteiger partial charge in [-0.1, -0.05) is 0 Å². The lowest BCUT2D eigenvalue weighted by molar-refractivity contribution is -0.152. The molecule has 0 aliphatic rings. The van der Waals surface area contributed by atoms with Crippen molar-refractivity contribution in [2.75, 3.05) is 0 Å². The number of hydrogen-bond acceptors (Lipinski definition) is 3. The van der Waals surface area contributed by atoms with Crippen LogP contribution in [0.25, 0.3) is 0 Å². The van der Waals surface area contributed by atoms with Gasteiger partial charge >= 0.3 is 11.9 Å². The van der Waals surface area contributed by atoms with E-state index in [1.54, 1.807) is 0 Å². The van der Waals surface area contributed by atoms with Crippen LogP contribution in [-0.4, -0.2) is 33.4 Å². The molecule has 3 N–H and O–H groups in total. The highest BCUT2D eigenvalue weighted by Gasteiger charge is 2.16. The zero-order valence-electron chi connectivity index (χ0n) is 4.94. The van der Waals surface area contributed by atoms with Crippen LogP contribution in [0.3, 0.4) is 0 Å². The fraction of sp³-hybridized carbons (Fsp3) is 0.500. The van der Waals surface area contributed by atoms with Crippen LogP contribution in [0, 0.1) is 0 Å². The summed E-state index contributed by atoms with van der Waals surface area (Å²) in [5.41, 5.74) is 0. The average molecular weight is 168 g/mol. The van der Waals surface area contributed by atoms with E-state index >= 15 is 0 Å². The van der Waals surface area contributed by atoms with Crippen LogP contribution in [0.2, 0.25) is 0 Å². The molecule has 0 saturated carbocycles. The Morgan fingerprint density at radius 3 is 1.80 bits per heavy atom. The van der Waals surface area contributed by atoms with Gasteiger partial charge in [0.15, 0.2) is 6.10 Å². The van der Waals surface area contributed by atoms with Gasteiger partial charge in [-0.15, -0.1) is 0 Å². The molecular formula is C4H8O5S. The maximum Gasteiger partial charge on any atom is 0.333 e. The van der Waals surface area contributed by atoms with E-state index in [2.05, 4.69) is 0 Å². The highest BCUT2D eigenvalue weighted by molar-refractivity contribution is 7.59. The molecule has 0 aliphatic heterocycles. The summed E-state index contributed by atoms with van der Waals surface area (Å²) >= 11 is 0. The summed E-state index contributed by atoms with van der Waals surface area (Å²) in [5, 5.41) is 24.1. The molecule has 5 nitrogen and oxygen atoms in total. The summed E-state index contributed by atoms with van der Waals surface area (Å²) in [5.74, 6) is -2.85. The van der Waals surface area contributed by atoms with E-state index in [-0.39, 0.29) is 13.5 Å². The van der Waals surface area contributed by atoms with E-state index < -0.39 is 24.5 Å². The van der Waals surface area contributed by atoms with Gasteiger partial charge in [0.25, 0.3) is 0 Å². The minimum atomic E-state index is -1.79. The Labute approximate surface area is 63.7 Å². The molecule has 6 heteroatoms. The molecule has 0 aliphatic carbocycles. The summed E-state index contributed by atoms with van der Waals surface area (Å²) in [4.78, 5) is 19.4. The van der Waals surface area contributed by atoms with Crippen molar-refractivity contribution in [3.8, 4) is 0 Å². The molecule has 0 radical (unpaired) electrons. The van der Waals surface area contributed by atoms with Gasteiger partial charge in [-0.3, -0.25) is 4.79 Å². The van der Waals surface area contributed by atoms with Crippen molar-refractivity contribution in [2.45, 2.75) is 12.5 Å². The van der Waals surface area contributed by atoms with Crippen LogP contribution >= 0.6 is 13.5 Å². The Morgan fingerprint density at radius 1 is 1.30 bits per heavy atom. The Morgan fingerprint density at radius 2 is 1.70 bits per heavy atom. The largest absolute Gasteiger partial charge is 0.481 e. The number of aliphatic hydroxyl groups is 1. The van der Waals surface area contributed by atoms with Gasteiger partial charge in [-0.25, -0.2) is 4.79 Å². The second kappa shape index (κ2) is 5.07. The lowest BCUT2D eigenvalue weighted by atomic mass is 10.3. The zero-order valence-corrected chi connectivity index (χ0v) is 5.94. The number of carbonyl (C=O) groups is 2. The lowest BCUT2D eigenvalue weighted by Gasteiger charge is -1.97. The van der Waals surface area contributed by atoms with Gasteiger partial charge in [-0.05, 0) is 0 Å². The quantitative estimate of drug-likeness (QED) is 0.503. The molecule has 60 valence electrons. The molecule has 0 aromatic carbocycles. The zero-order chi connectivity index (χ0) is 7.44. The maximum absolute atomic E-state index is 9.72. The van der Waals surface area contributed by atoms with Crippen LogP contribution in [0.15, 0.2) is 0 Å². The van der Waals surface area contributed by atoms with Crippen molar-refractivity contribution in [2.24, 2.45) is 0 Å². The monoisotopic (exact) mass is 168 g/mol. The molecule has 0 saturated heterocycles. The van der Waals surface area contributed by atoms with Crippen LogP contribution in [0.5, 0.6) is 0 Å². The van der Waals surface area contributed by atoms with Crippen molar-refractivity contribution >= 4 is 25.4 Å². The Hall–Kier alpha value is -0.750. The predicted octanol–water partition coefficient (Wildman–Crippen LogP) is -0.981. The standard InChI is InChI=1S/C4H6O5.H2S/c5-2(4(8)9)1-3(6)7;/h2,5H,1H2,(H,6,7)(H,8,9);1H2. The normalized spacial score (nSPS) is 11.3. The first-order valence-electron chi connectivity index (χ1n) is 2.16. The van der Waals surface area contributed by atoms with Crippen molar-refractivity contribution in [1.29, 1.82) is 0 Å². The topological polar surface area (TPSA) is 94.8 Å². The first-order valence-corrected chi connectivity index (χ1v) is 2.16. The van der Waals surface area contributed by atoms with Crippen LogP contribution in [0.4, 0.5) is 0 Å². The van der Waals surface area contributed by atoms with Crippen molar-refractivity contribution < 1.29 is 24.9 Å². The summed E-state index contributed by atoms with van der Waals surface area (Å²) in [7, 11) is 0. The Bertz CT molecular complexity index is 134. The highest BCUT2D eigenvalue weighted by Crippen LogP contribution is 1.89. The highest BCUT2D eigenvalue weighted by atomic mass is 32.1. The van der Waals surface area contributed by atoms with Crippen LogP contribution in [-0.2, 0) is 9.59 Å². The summed E-state index contributed by atoms with van der Waals surface area (Å²) < 4.78 is 0. The summed E-state index contributed by atoms with van der Waals surface area (Å²) in [6.45, 7) is 0.